The molecule has 0 saturated heterocycles. The predicted octanol–water partition coefficient (Wildman–Crippen LogP) is 5.21. The zero-order valence-corrected chi connectivity index (χ0v) is 12.7. The summed E-state index contributed by atoms with van der Waals surface area (Å²) >= 11 is 0. The Morgan fingerprint density at radius 1 is 0.571 bits per heavy atom. The second-order valence-electron chi connectivity index (χ2n) is 7.66. The lowest BCUT2D eigenvalue weighted by Crippen LogP contribution is -2.56. The van der Waals surface area contributed by atoms with E-state index in [0.29, 0.717) is 15.1 Å². The molecule has 0 atom stereocenters. The van der Waals surface area contributed by atoms with Gasteiger partial charge in [0.25, 0.3) is 0 Å². The van der Waals surface area contributed by atoms with Crippen LogP contribution in [0.5, 0.6) is 0 Å². The molecule has 0 aliphatic carbocycles. The van der Waals surface area contributed by atoms with Crippen molar-refractivity contribution in [2.45, 2.75) is 77.4 Å². The summed E-state index contributed by atoms with van der Waals surface area (Å²) in [5.41, 5.74) is 0. The van der Waals surface area contributed by atoms with Crippen molar-refractivity contribution in [1.29, 1.82) is 0 Å². The molecule has 0 spiro atoms. The van der Waals surface area contributed by atoms with E-state index < -0.39 is 8.07 Å². The maximum Gasteiger partial charge on any atom is 0.0694 e. The van der Waals surface area contributed by atoms with Crippen molar-refractivity contribution in [2.75, 3.05) is 0 Å². The van der Waals surface area contributed by atoms with Gasteiger partial charge in [0.1, 0.15) is 0 Å². The Morgan fingerprint density at radius 2 is 0.714 bits per heavy atom. The topological polar surface area (TPSA) is 0 Å². The average molecular weight is 213 g/mol. The van der Waals surface area contributed by atoms with E-state index in [1.165, 1.54) is 0 Å². The quantitative estimate of drug-likeness (QED) is 0.485. The molecule has 14 heavy (non-hydrogen) atoms. The molecule has 0 unspecified atom stereocenters. The third-order valence-corrected chi connectivity index (χ3v) is 11.5. The van der Waals surface area contributed by atoms with Gasteiger partial charge in [0.2, 0.25) is 0 Å². The lowest BCUT2D eigenvalue weighted by Gasteiger charge is -2.57. The zero-order chi connectivity index (χ0) is 12.0. The van der Waals surface area contributed by atoms with Gasteiger partial charge in [0.05, 0.1) is 8.07 Å². The molecule has 0 saturated carbocycles. The molecule has 0 amide bonds. The van der Waals surface area contributed by atoms with Crippen molar-refractivity contribution in [2.24, 2.45) is 0 Å². The first-order valence-corrected chi connectivity index (χ1v) is 7.81. The second kappa shape index (κ2) is 3.36. The van der Waals surface area contributed by atoms with Crippen molar-refractivity contribution in [1.82, 2.24) is 0 Å². The monoisotopic (exact) mass is 213 g/mol. The minimum atomic E-state index is -1.60. The van der Waals surface area contributed by atoms with Gasteiger partial charge in [0, 0.05) is 0 Å². The van der Waals surface area contributed by atoms with Gasteiger partial charge in [-0.3, -0.25) is 0 Å². The number of hydrogen-bond acceptors (Lipinski definition) is 0. The van der Waals surface area contributed by atoms with Gasteiger partial charge < -0.3 is 0 Å². The maximum absolute atomic E-state index is 4.72. The Kier molecular flexibility index (Phi) is 3.42. The minimum Gasteiger partial charge on any atom is -0.0625 e. The summed E-state index contributed by atoms with van der Waals surface area (Å²) in [7, 11) is -1.60. The van der Waals surface area contributed by atoms with Crippen molar-refractivity contribution >= 4 is 8.07 Å². The lowest BCUT2D eigenvalue weighted by molar-refractivity contribution is 0.545. The molecule has 0 aromatic heterocycles. The summed E-state index contributed by atoms with van der Waals surface area (Å²) in [6.07, 6.45) is 0. The van der Waals surface area contributed by atoms with Gasteiger partial charge >= 0.3 is 0 Å². The largest absolute Gasteiger partial charge is 0.0694 e. The summed E-state index contributed by atoms with van der Waals surface area (Å²) in [6.45, 7) is 26.0. The highest BCUT2D eigenvalue weighted by Crippen LogP contribution is 2.61. The van der Waals surface area contributed by atoms with Gasteiger partial charge in [-0.15, -0.1) is 0 Å². The molecular weight excluding hydrogens is 184 g/mol. The van der Waals surface area contributed by atoms with Crippen LogP contribution in [0.1, 0.15) is 62.3 Å². The molecular formula is C13H29Si. The molecule has 0 fully saturated rings. The molecule has 0 heterocycles. The SMILES string of the molecule is [CH2][Si](C(C)(C)C)(C(C)(C)C)C(C)(C)C. The molecule has 1 radical (unpaired) electrons. The number of rotatable bonds is 0. The van der Waals surface area contributed by atoms with E-state index in [-0.39, 0.29) is 0 Å². The molecule has 0 nitrogen and oxygen atoms in total. The van der Waals surface area contributed by atoms with Gasteiger partial charge in [-0.05, 0) is 15.1 Å². The van der Waals surface area contributed by atoms with Crippen LogP contribution in [0.15, 0.2) is 0 Å². The second-order valence-corrected chi connectivity index (χ2v) is 14.0. The molecule has 0 aromatic rings. The highest BCUT2D eigenvalue weighted by Gasteiger charge is 2.55. The fraction of sp³-hybridized carbons (Fsp3) is 0.923. The normalized spacial score (nSPS) is 15.9. The van der Waals surface area contributed by atoms with E-state index >= 15 is 0 Å². The average Bonchev–Trinajstić information content (AvgIpc) is 1.77. The summed E-state index contributed by atoms with van der Waals surface area (Å²) < 4.78 is 0. The summed E-state index contributed by atoms with van der Waals surface area (Å²) in [5, 5.41) is 1.05. The van der Waals surface area contributed by atoms with Crippen LogP contribution in [0.2, 0.25) is 15.1 Å². The third kappa shape index (κ3) is 2.08. The summed E-state index contributed by atoms with van der Waals surface area (Å²) in [5.74, 6) is 0. The Morgan fingerprint density at radius 3 is 0.714 bits per heavy atom. The molecule has 0 bridgehead atoms. The zero-order valence-electron chi connectivity index (χ0n) is 11.7. The molecule has 0 aliphatic rings. The fourth-order valence-corrected chi connectivity index (χ4v) is 10.1. The Bertz CT molecular complexity index is 159. The van der Waals surface area contributed by atoms with E-state index in [2.05, 4.69) is 62.3 Å². The molecule has 0 rings (SSSR count). The van der Waals surface area contributed by atoms with Crippen LogP contribution in [-0.2, 0) is 0 Å². The highest BCUT2D eigenvalue weighted by molar-refractivity contribution is 6.89. The molecule has 1 heteroatoms. The van der Waals surface area contributed by atoms with Crippen LogP contribution in [0.4, 0.5) is 0 Å². The van der Waals surface area contributed by atoms with Crippen LogP contribution in [0, 0.1) is 6.55 Å². The summed E-state index contributed by atoms with van der Waals surface area (Å²) in [4.78, 5) is 0. The van der Waals surface area contributed by atoms with Crippen LogP contribution in [0.3, 0.4) is 0 Å². The van der Waals surface area contributed by atoms with Crippen molar-refractivity contribution in [3.63, 3.8) is 0 Å². The van der Waals surface area contributed by atoms with Crippen molar-refractivity contribution in [3.05, 3.63) is 6.55 Å². The number of hydrogen-bond donors (Lipinski definition) is 0. The van der Waals surface area contributed by atoms with Crippen LogP contribution >= 0.6 is 0 Å². The molecule has 85 valence electrons. The van der Waals surface area contributed by atoms with Gasteiger partial charge in [-0.1, -0.05) is 68.9 Å². The predicted molar refractivity (Wildman–Crippen MR) is 70.3 cm³/mol. The first-order valence-electron chi connectivity index (χ1n) is 5.60. The molecule has 0 aliphatic heterocycles. The van der Waals surface area contributed by atoms with Crippen LogP contribution < -0.4 is 0 Å². The molecule has 0 aromatic carbocycles. The van der Waals surface area contributed by atoms with Gasteiger partial charge in [-0.2, -0.15) is 0 Å². The van der Waals surface area contributed by atoms with E-state index in [0.717, 1.165) is 0 Å². The van der Waals surface area contributed by atoms with Gasteiger partial charge in [0.15, 0.2) is 0 Å². The van der Waals surface area contributed by atoms with E-state index in [1.807, 2.05) is 0 Å². The van der Waals surface area contributed by atoms with Crippen molar-refractivity contribution in [3.8, 4) is 0 Å². The van der Waals surface area contributed by atoms with Crippen LogP contribution in [-0.4, -0.2) is 8.07 Å². The van der Waals surface area contributed by atoms with Crippen molar-refractivity contribution < 1.29 is 0 Å². The Labute approximate surface area is 92.5 Å². The maximum atomic E-state index is 4.72. The highest BCUT2D eigenvalue weighted by atomic mass is 28.3. The first-order chi connectivity index (χ1) is 5.75. The molecule has 0 N–H and O–H groups in total. The van der Waals surface area contributed by atoms with Crippen LogP contribution in [0.25, 0.3) is 0 Å². The summed E-state index contributed by atoms with van der Waals surface area (Å²) in [6, 6.07) is 0. The van der Waals surface area contributed by atoms with E-state index in [4.69, 9.17) is 6.55 Å². The Hall–Kier alpha value is 0.217. The van der Waals surface area contributed by atoms with Gasteiger partial charge in [-0.25, -0.2) is 0 Å². The lowest BCUT2D eigenvalue weighted by atomic mass is 10.2. The first kappa shape index (κ1) is 14.2. The Balaban J connectivity index is 5.54. The minimum absolute atomic E-state index is 0.351. The third-order valence-electron chi connectivity index (χ3n) is 3.84. The fourth-order valence-electron chi connectivity index (χ4n) is 3.38. The van der Waals surface area contributed by atoms with E-state index in [1.54, 1.807) is 0 Å². The smallest absolute Gasteiger partial charge is 0.0625 e. The standard InChI is InChI=1S/C13H29Si/c1-11(2,3)14(10,12(4,5)6)13(7,8)9/h10H2,1-9H3. The van der Waals surface area contributed by atoms with E-state index in [9.17, 15) is 0 Å².